The summed E-state index contributed by atoms with van der Waals surface area (Å²) in [5.74, 6) is 0.121. The van der Waals surface area contributed by atoms with Crippen molar-refractivity contribution in [1.82, 2.24) is 14.2 Å². The average Bonchev–Trinajstić information content (AvgIpc) is 2.80. The molecule has 6 nitrogen and oxygen atoms in total. The minimum atomic E-state index is -3.17. The highest BCUT2D eigenvalue weighted by Gasteiger charge is 2.23. The smallest absolute Gasteiger partial charge is 0.222 e. The van der Waals surface area contributed by atoms with Crippen LogP contribution >= 0.6 is 0 Å². The Morgan fingerprint density at radius 2 is 1.96 bits per heavy atom. The van der Waals surface area contributed by atoms with Crippen LogP contribution in [0.3, 0.4) is 0 Å². The van der Waals surface area contributed by atoms with Gasteiger partial charge in [0, 0.05) is 49.7 Å². The standard InChI is InChI=1S/C18H25N3O3S/c1-25(23,24)21-11-5-10-20(12-13-21)18(22)9-4-6-15-14-19-17-8-3-2-7-16(15)17/h2-3,7-8,14,19H,4-6,9-13H2,1H3. The molecule has 1 amide bonds. The van der Waals surface area contributed by atoms with Crippen molar-refractivity contribution in [2.75, 3.05) is 32.4 Å². The Hall–Kier alpha value is -1.86. The number of carbonyl (C=O) groups is 1. The van der Waals surface area contributed by atoms with Gasteiger partial charge in [-0.2, -0.15) is 0 Å². The third kappa shape index (κ3) is 4.41. The van der Waals surface area contributed by atoms with Gasteiger partial charge in [-0.25, -0.2) is 12.7 Å². The summed E-state index contributed by atoms with van der Waals surface area (Å²) in [6.45, 7) is 2.02. The molecule has 1 fully saturated rings. The summed E-state index contributed by atoms with van der Waals surface area (Å²) in [4.78, 5) is 17.5. The van der Waals surface area contributed by atoms with E-state index in [1.807, 2.05) is 18.3 Å². The maximum Gasteiger partial charge on any atom is 0.222 e. The fourth-order valence-corrected chi connectivity index (χ4v) is 4.28. The SMILES string of the molecule is CS(=O)(=O)N1CCCN(C(=O)CCCc2c[nH]c3ccccc23)CC1. The van der Waals surface area contributed by atoms with Crippen LogP contribution in [-0.4, -0.2) is 60.9 Å². The lowest BCUT2D eigenvalue weighted by atomic mass is 10.1. The molecule has 0 radical (unpaired) electrons. The van der Waals surface area contributed by atoms with Gasteiger partial charge in [-0.15, -0.1) is 0 Å². The van der Waals surface area contributed by atoms with Crippen LogP contribution < -0.4 is 0 Å². The van der Waals surface area contributed by atoms with Gasteiger partial charge in [-0.05, 0) is 30.9 Å². The van der Waals surface area contributed by atoms with E-state index < -0.39 is 10.0 Å². The number of carbonyl (C=O) groups excluding carboxylic acids is 1. The number of aromatic amines is 1. The van der Waals surface area contributed by atoms with E-state index in [4.69, 9.17) is 0 Å². The minimum Gasteiger partial charge on any atom is -0.361 e. The highest BCUT2D eigenvalue weighted by molar-refractivity contribution is 7.88. The molecule has 1 aromatic carbocycles. The summed E-state index contributed by atoms with van der Waals surface area (Å²) in [5, 5.41) is 1.22. The fourth-order valence-electron chi connectivity index (χ4n) is 3.40. The fraction of sp³-hybridized carbons (Fsp3) is 0.500. The van der Waals surface area contributed by atoms with Crippen molar-refractivity contribution in [3.8, 4) is 0 Å². The molecular weight excluding hydrogens is 338 g/mol. The van der Waals surface area contributed by atoms with E-state index in [1.54, 1.807) is 4.90 Å². The number of benzene rings is 1. The Balaban J connectivity index is 1.51. The van der Waals surface area contributed by atoms with Crippen LogP contribution in [0.5, 0.6) is 0 Å². The quantitative estimate of drug-likeness (QED) is 0.883. The molecule has 0 aliphatic carbocycles. The van der Waals surface area contributed by atoms with Crippen LogP contribution in [0.4, 0.5) is 0 Å². The van der Waals surface area contributed by atoms with Crippen molar-refractivity contribution >= 4 is 26.8 Å². The monoisotopic (exact) mass is 363 g/mol. The Kier molecular flexibility index (Phi) is 5.44. The van der Waals surface area contributed by atoms with Gasteiger partial charge in [0.05, 0.1) is 6.26 Å². The van der Waals surface area contributed by atoms with Gasteiger partial charge >= 0.3 is 0 Å². The van der Waals surface area contributed by atoms with Crippen molar-refractivity contribution in [3.63, 3.8) is 0 Å². The Labute approximate surface area is 148 Å². The first kappa shape index (κ1) is 17.9. The van der Waals surface area contributed by atoms with Gasteiger partial charge in [-0.1, -0.05) is 18.2 Å². The van der Waals surface area contributed by atoms with Crippen molar-refractivity contribution in [3.05, 3.63) is 36.0 Å². The predicted octanol–water partition coefficient (Wildman–Crippen LogP) is 1.98. The Morgan fingerprint density at radius 3 is 2.76 bits per heavy atom. The van der Waals surface area contributed by atoms with Crippen LogP contribution in [0.15, 0.2) is 30.5 Å². The van der Waals surface area contributed by atoms with E-state index in [-0.39, 0.29) is 5.91 Å². The molecule has 136 valence electrons. The number of nitrogens with one attached hydrogen (secondary N) is 1. The maximum atomic E-state index is 12.4. The summed E-state index contributed by atoms with van der Waals surface area (Å²) < 4.78 is 24.8. The zero-order valence-corrected chi connectivity index (χ0v) is 15.4. The number of amides is 1. The second kappa shape index (κ2) is 7.58. The lowest BCUT2D eigenvalue weighted by molar-refractivity contribution is -0.131. The van der Waals surface area contributed by atoms with Crippen LogP contribution in [0.2, 0.25) is 0 Å². The lowest BCUT2D eigenvalue weighted by Crippen LogP contribution is -2.36. The molecule has 1 aliphatic rings. The lowest BCUT2D eigenvalue weighted by Gasteiger charge is -2.21. The Bertz CT molecular complexity index is 844. The normalized spacial score (nSPS) is 16.9. The predicted molar refractivity (Wildman–Crippen MR) is 98.9 cm³/mol. The Morgan fingerprint density at radius 1 is 1.16 bits per heavy atom. The summed E-state index contributed by atoms with van der Waals surface area (Å²) >= 11 is 0. The summed E-state index contributed by atoms with van der Waals surface area (Å²) in [5.41, 5.74) is 2.36. The largest absolute Gasteiger partial charge is 0.361 e. The zero-order chi connectivity index (χ0) is 17.9. The van der Waals surface area contributed by atoms with Crippen molar-refractivity contribution in [2.24, 2.45) is 0 Å². The summed E-state index contributed by atoms with van der Waals surface area (Å²) in [6.07, 6.45) is 6.10. The molecule has 3 rings (SSSR count). The second-order valence-corrected chi connectivity index (χ2v) is 8.59. The zero-order valence-electron chi connectivity index (χ0n) is 14.6. The van der Waals surface area contributed by atoms with Gasteiger partial charge in [0.25, 0.3) is 0 Å². The molecule has 1 N–H and O–H groups in total. The first-order chi connectivity index (χ1) is 11.9. The molecule has 1 aliphatic heterocycles. The summed E-state index contributed by atoms with van der Waals surface area (Å²) in [6, 6.07) is 8.17. The van der Waals surface area contributed by atoms with Gasteiger partial charge in [-0.3, -0.25) is 4.79 Å². The molecule has 2 aromatic rings. The van der Waals surface area contributed by atoms with E-state index in [1.165, 1.54) is 21.5 Å². The minimum absolute atomic E-state index is 0.121. The van der Waals surface area contributed by atoms with Gasteiger partial charge in [0.1, 0.15) is 0 Å². The number of fused-ring (bicyclic) bond motifs is 1. The van der Waals surface area contributed by atoms with Crippen molar-refractivity contribution in [2.45, 2.75) is 25.7 Å². The van der Waals surface area contributed by atoms with E-state index in [0.717, 1.165) is 18.4 Å². The summed E-state index contributed by atoms with van der Waals surface area (Å²) in [7, 11) is -3.17. The van der Waals surface area contributed by atoms with E-state index in [0.29, 0.717) is 39.0 Å². The van der Waals surface area contributed by atoms with Crippen molar-refractivity contribution in [1.29, 1.82) is 0 Å². The molecule has 25 heavy (non-hydrogen) atoms. The van der Waals surface area contributed by atoms with Crippen LogP contribution in [0.25, 0.3) is 10.9 Å². The molecular formula is C18H25N3O3S. The molecule has 1 saturated heterocycles. The molecule has 0 unspecified atom stereocenters. The van der Waals surface area contributed by atoms with Crippen LogP contribution in [0, 0.1) is 0 Å². The van der Waals surface area contributed by atoms with Gasteiger partial charge < -0.3 is 9.88 Å². The molecule has 7 heteroatoms. The van der Waals surface area contributed by atoms with Gasteiger partial charge in [0.2, 0.25) is 15.9 Å². The second-order valence-electron chi connectivity index (χ2n) is 6.61. The molecule has 0 atom stereocenters. The van der Waals surface area contributed by atoms with Crippen molar-refractivity contribution < 1.29 is 13.2 Å². The third-order valence-corrected chi connectivity index (χ3v) is 6.09. The highest BCUT2D eigenvalue weighted by Crippen LogP contribution is 2.19. The van der Waals surface area contributed by atoms with E-state index in [2.05, 4.69) is 17.1 Å². The molecule has 1 aromatic heterocycles. The number of aromatic nitrogens is 1. The number of aryl methyl sites for hydroxylation is 1. The van der Waals surface area contributed by atoms with E-state index in [9.17, 15) is 13.2 Å². The number of H-pyrrole nitrogens is 1. The first-order valence-electron chi connectivity index (χ1n) is 8.73. The molecule has 0 saturated carbocycles. The number of sulfonamides is 1. The molecule has 2 heterocycles. The number of hydrogen-bond acceptors (Lipinski definition) is 3. The van der Waals surface area contributed by atoms with Crippen LogP contribution in [0.1, 0.15) is 24.8 Å². The first-order valence-corrected chi connectivity index (χ1v) is 10.6. The molecule has 0 bridgehead atoms. The molecule has 0 spiro atoms. The number of nitrogens with zero attached hydrogens (tertiary/aromatic N) is 2. The number of hydrogen-bond donors (Lipinski definition) is 1. The number of para-hydroxylation sites is 1. The maximum absolute atomic E-state index is 12.4. The highest BCUT2D eigenvalue weighted by atomic mass is 32.2. The number of rotatable bonds is 5. The van der Waals surface area contributed by atoms with E-state index >= 15 is 0 Å². The van der Waals surface area contributed by atoms with Crippen LogP contribution in [-0.2, 0) is 21.2 Å². The third-order valence-electron chi connectivity index (χ3n) is 4.79. The topological polar surface area (TPSA) is 73.5 Å². The average molecular weight is 363 g/mol. The van der Waals surface area contributed by atoms with Gasteiger partial charge in [0.15, 0.2) is 0 Å².